The second kappa shape index (κ2) is 8.25. The van der Waals surface area contributed by atoms with Crippen molar-refractivity contribution in [2.75, 3.05) is 5.73 Å². The van der Waals surface area contributed by atoms with Crippen molar-refractivity contribution in [2.24, 2.45) is 0 Å². The van der Waals surface area contributed by atoms with E-state index >= 15 is 0 Å². The summed E-state index contributed by atoms with van der Waals surface area (Å²) < 4.78 is 13.1. The van der Waals surface area contributed by atoms with Gasteiger partial charge in [0.2, 0.25) is 0 Å². The topological polar surface area (TPSA) is 88.2 Å². The molecular formula is C21H18FN3O2. The van der Waals surface area contributed by atoms with E-state index in [1.165, 1.54) is 30.3 Å². The molecule has 0 aliphatic rings. The number of hydroxylamine groups is 1. The van der Waals surface area contributed by atoms with E-state index in [4.69, 9.17) is 16.0 Å². The Labute approximate surface area is 156 Å². The fourth-order valence-electron chi connectivity index (χ4n) is 2.50. The summed E-state index contributed by atoms with van der Waals surface area (Å²) in [5.41, 5.74) is 10.9. The third-order valence-corrected chi connectivity index (χ3v) is 3.96. The molecule has 0 aliphatic carbocycles. The van der Waals surface area contributed by atoms with Gasteiger partial charge in [0.1, 0.15) is 5.82 Å². The molecule has 5 nitrogen and oxygen atoms in total. The van der Waals surface area contributed by atoms with Crippen LogP contribution >= 0.6 is 0 Å². The lowest BCUT2D eigenvalue weighted by Crippen LogP contribution is -2.24. The Hall–Kier alpha value is -3.51. The van der Waals surface area contributed by atoms with Crippen LogP contribution in [0, 0.1) is 11.2 Å². The molecule has 0 saturated heterocycles. The maximum Gasteiger partial charge on any atom is 0.274 e. The summed E-state index contributed by atoms with van der Waals surface area (Å²) in [6.07, 6.45) is 0. The van der Waals surface area contributed by atoms with Gasteiger partial charge in [0.25, 0.3) is 5.91 Å². The highest BCUT2D eigenvalue weighted by Gasteiger charge is 2.13. The quantitative estimate of drug-likeness (QED) is 0.355. The van der Waals surface area contributed by atoms with Crippen molar-refractivity contribution in [3.05, 3.63) is 101 Å². The zero-order chi connectivity index (χ0) is 19.2. The molecule has 3 aromatic carbocycles. The van der Waals surface area contributed by atoms with Crippen LogP contribution in [0.4, 0.5) is 10.1 Å². The molecule has 0 spiro atoms. The summed E-state index contributed by atoms with van der Waals surface area (Å²) in [4.78, 5) is 17.5. The second-order valence-corrected chi connectivity index (χ2v) is 5.89. The van der Waals surface area contributed by atoms with Crippen LogP contribution in [-0.4, -0.2) is 11.6 Å². The zero-order valence-electron chi connectivity index (χ0n) is 14.4. The maximum absolute atomic E-state index is 13.1. The SMILES string of the molecule is N=C(c1ccc(F)cc1)c1cc(C(=O)NOCc2ccccc2)ccc1N. The summed E-state index contributed by atoms with van der Waals surface area (Å²) in [7, 11) is 0. The number of benzene rings is 3. The van der Waals surface area contributed by atoms with Crippen LogP contribution in [0.1, 0.15) is 27.0 Å². The Morgan fingerprint density at radius 1 is 1.00 bits per heavy atom. The van der Waals surface area contributed by atoms with Crippen LogP contribution < -0.4 is 11.2 Å². The largest absolute Gasteiger partial charge is 0.398 e. The van der Waals surface area contributed by atoms with Crippen molar-refractivity contribution in [3.8, 4) is 0 Å². The van der Waals surface area contributed by atoms with Gasteiger partial charge in [0.15, 0.2) is 0 Å². The van der Waals surface area contributed by atoms with E-state index in [0.717, 1.165) is 5.56 Å². The van der Waals surface area contributed by atoms with Crippen molar-refractivity contribution in [2.45, 2.75) is 6.61 Å². The predicted molar refractivity (Wildman–Crippen MR) is 102 cm³/mol. The summed E-state index contributed by atoms with van der Waals surface area (Å²) >= 11 is 0. The highest BCUT2D eigenvalue weighted by Crippen LogP contribution is 2.19. The van der Waals surface area contributed by atoms with E-state index in [-0.39, 0.29) is 18.1 Å². The van der Waals surface area contributed by atoms with Gasteiger partial charge >= 0.3 is 0 Å². The molecule has 0 atom stereocenters. The molecule has 27 heavy (non-hydrogen) atoms. The Morgan fingerprint density at radius 3 is 2.37 bits per heavy atom. The predicted octanol–water partition coefficient (Wildman–Crippen LogP) is 3.69. The second-order valence-electron chi connectivity index (χ2n) is 5.89. The highest BCUT2D eigenvalue weighted by atomic mass is 19.1. The van der Waals surface area contributed by atoms with Crippen molar-refractivity contribution >= 4 is 17.3 Å². The van der Waals surface area contributed by atoms with Gasteiger partial charge in [0.05, 0.1) is 12.3 Å². The minimum absolute atomic E-state index is 0.104. The molecule has 1 amide bonds. The number of carbonyl (C=O) groups is 1. The molecule has 6 heteroatoms. The van der Waals surface area contributed by atoms with E-state index in [9.17, 15) is 9.18 Å². The third kappa shape index (κ3) is 4.56. The summed E-state index contributed by atoms with van der Waals surface area (Å²) in [6.45, 7) is 0.236. The van der Waals surface area contributed by atoms with Gasteiger partial charge in [-0.25, -0.2) is 9.87 Å². The van der Waals surface area contributed by atoms with Crippen LogP contribution in [-0.2, 0) is 11.4 Å². The Kier molecular flexibility index (Phi) is 5.58. The molecule has 136 valence electrons. The molecule has 0 radical (unpaired) electrons. The van der Waals surface area contributed by atoms with E-state index in [1.54, 1.807) is 12.1 Å². The van der Waals surface area contributed by atoms with E-state index in [2.05, 4.69) is 5.48 Å². The first kappa shape index (κ1) is 18.3. The average Bonchev–Trinajstić information content (AvgIpc) is 2.69. The number of nitrogens with two attached hydrogens (primary N) is 1. The number of carbonyl (C=O) groups excluding carboxylic acids is 1. The monoisotopic (exact) mass is 363 g/mol. The molecule has 3 aromatic rings. The molecule has 0 aromatic heterocycles. The van der Waals surface area contributed by atoms with Crippen LogP contribution in [0.25, 0.3) is 0 Å². The fourth-order valence-corrected chi connectivity index (χ4v) is 2.50. The minimum Gasteiger partial charge on any atom is -0.398 e. The lowest BCUT2D eigenvalue weighted by molar-refractivity contribution is 0.0233. The number of rotatable bonds is 6. The van der Waals surface area contributed by atoms with Crippen LogP contribution in [0.2, 0.25) is 0 Å². The van der Waals surface area contributed by atoms with Crippen molar-refractivity contribution in [3.63, 3.8) is 0 Å². The number of hydrogen-bond donors (Lipinski definition) is 3. The number of amides is 1. The smallest absolute Gasteiger partial charge is 0.274 e. The van der Waals surface area contributed by atoms with Crippen LogP contribution in [0.3, 0.4) is 0 Å². The summed E-state index contributed by atoms with van der Waals surface area (Å²) in [6, 6.07) is 19.6. The molecule has 4 N–H and O–H groups in total. The Bertz CT molecular complexity index is 957. The van der Waals surface area contributed by atoms with E-state index in [0.29, 0.717) is 22.4 Å². The molecule has 0 aliphatic heterocycles. The Balaban J connectivity index is 1.71. The van der Waals surface area contributed by atoms with Gasteiger partial charge < -0.3 is 5.73 Å². The molecular weight excluding hydrogens is 345 g/mol. The van der Waals surface area contributed by atoms with Crippen LogP contribution in [0.5, 0.6) is 0 Å². The number of anilines is 1. The summed E-state index contributed by atoms with van der Waals surface area (Å²) in [5, 5.41) is 8.30. The van der Waals surface area contributed by atoms with Crippen molar-refractivity contribution < 1.29 is 14.0 Å². The third-order valence-electron chi connectivity index (χ3n) is 3.96. The standard InChI is InChI=1S/C21H18FN3O2/c22-17-9-6-15(7-10-17)20(24)18-12-16(8-11-19(18)23)21(26)25-27-13-14-4-2-1-3-5-14/h1-12,24H,13,23H2,(H,25,26). The number of halogens is 1. The zero-order valence-corrected chi connectivity index (χ0v) is 14.4. The minimum atomic E-state index is -0.445. The first-order chi connectivity index (χ1) is 13.0. The Morgan fingerprint density at radius 2 is 1.67 bits per heavy atom. The number of hydrogen-bond acceptors (Lipinski definition) is 4. The number of nitrogen functional groups attached to an aromatic ring is 1. The summed E-state index contributed by atoms with van der Waals surface area (Å²) in [5.74, 6) is -0.831. The average molecular weight is 363 g/mol. The van der Waals surface area contributed by atoms with Crippen molar-refractivity contribution in [1.29, 1.82) is 5.41 Å². The molecule has 0 heterocycles. The van der Waals surface area contributed by atoms with Gasteiger partial charge in [-0.2, -0.15) is 0 Å². The van der Waals surface area contributed by atoms with Crippen molar-refractivity contribution in [1.82, 2.24) is 5.48 Å². The van der Waals surface area contributed by atoms with Gasteiger partial charge in [-0.3, -0.25) is 15.0 Å². The van der Waals surface area contributed by atoms with Crippen LogP contribution in [0.15, 0.2) is 72.8 Å². The van der Waals surface area contributed by atoms with E-state index in [1.807, 2.05) is 30.3 Å². The van der Waals surface area contributed by atoms with Gasteiger partial charge in [0, 0.05) is 22.4 Å². The maximum atomic E-state index is 13.1. The molecule has 0 fully saturated rings. The fraction of sp³-hybridized carbons (Fsp3) is 0.0476. The normalized spacial score (nSPS) is 10.4. The highest BCUT2D eigenvalue weighted by molar-refractivity contribution is 6.14. The van der Waals surface area contributed by atoms with Gasteiger partial charge in [-0.15, -0.1) is 0 Å². The van der Waals surface area contributed by atoms with E-state index < -0.39 is 5.91 Å². The number of nitrogens with one attached hydrogen (secondary N) is 2. The van der Waals surface area contributed by atoms with Gasteiger partial charge in [-0.05, 0) is 48.0 Å². The molecule has 3 rings (SSSR count). The molecule has 0 bridgehead atoms. The first-order valence-corrected chi connectivity index (χ1v) is 8.25. The lowest BCUT2D eigenvalue weighted by atomic mass is 9.98. The first-order valence-electron chi connectivity index (χ1n) is 8.25. The lowest BCUT2D eigenvalue weighted by Gasteiger charge is -2.11. The van der Waals surface area contributed by atoms with Gasteiger partial charge in [-0.1, -0.05) is 30.3 Å². The molecule has 0 saturated carbocycles. The molecule has 0 unspecified atom stereocenters.